The predicted molar refractivity (Wildman–Crippen MR) is 353 cm³/mol. The average molecular weight is 1130 g/mol. The van der Waals surface area contributed by atoms with E-state index in [1.54, 1.807) is 0 Å². The van der Waals surface area contributed by atoms with Crippen molar-refractivity contribution in [3.8, 4) is 0 Å². The van der Waals surface area contributed by atoms with Crippen molar-refractivity contribution in [3.63, 3.8) is 0 Å². The molecule has 0 aliphatic carbocycles. The second kappa shape index (κ2) is 69.1. The molecule has 0 saturated carbocycles. The van der Waals surface area contributed by atoms with Gasteiger partial charge in [0.15, 0.2) is 6.10 Å². The summed E-state index contributed by atoms with van der Waals surface area (Å²) in [5, 5.41) is 0. The van der Waals surface area contributed by atoms with E-state index < -0.39 is 6.10 Å². The van der Waals surface area contributed by atoms with Gasteiger partial charge in [0.25, 0.3) is 0 Å². The first-order chi connectivity index (χ1) is 40.0. The van der Waals surface area contributed by atoms with Crippen LogP contribution in [0.1, 0.15) is 355 Å². The first-order valence-electron chi connectivity index (χ1n) is 35.1. The van der Waals surface area contributed by atoms with E-state index in [1.807, 2.05) is 0 Å². The number of allylic oxidation sites excluding steroid dienone is 14. The summed E-state index contributed by atoms with van der Waals surface area (Å²) in [5.74, 6) is -0.859. The largest absolute Gasteiger partial charge is 0.462 e. The molecule has 0 saturated heterocycles. The Morgan fingerprint density at radius 3 is 0.753 bits per heavy atom. The molecule has 0 bridgehead atoms. The van der Waals surface area contributed by atoms with Crippen molar-refractivity contribution in [2.24, 2.45) is 0 Å². The zero-order valence-corrected chi connectivity index (χ0v) is 53.8. The summed E-state index contributed by atoms with van der Waals surface area (Å²) < 4.78 is 16.9. The monoisotopic (exact) mass is 1130 g/mol. The summed E-state index contributed by atoms with van der Waals surface area (Å²) in [6.07, 6.45) is 92.1. The van der Waals surface area contributed by atoms with Gasteiger partial charge in [0, 0.05) is 19.3 Å². The Kier molecular flexibility index (Phi) is 66.2. The number of esters is 3. The van der Waals surface area contributed by atoms with Crippen LogP contribution in [0.5, 0.6) is 0 Å². The summed E-state index contributed by atoms with van der Waals surface area (Å²) in [5.41, 5.74) is 0. The molecule has 0 aromatic carbocycles. The molecule has 6 nitrogen and oxygen atoms in total. The number of rotatable bonds is 64. The van der Waals surface area contributed by atoms with E-state index in [1.165, 1.54) is 212 Å². The molecular weight excluding hydrogens is 997 g/mol. The maximum absolute atomic E-state index is 12.9. The van der Waals surface area contributed by atoms with Crippen LogP contribution in [0.15, 0.2) is 85.1 Å². The molecule has 0 N–H and O–H groups in total. The van der Waals surface area contributed by atoms with Crippen LogP contribution in [-0.4, -0.2) is 37.2 Å². The molecule has 0 heterocycles. The van der Waals surface area contributed by atoms with Gasteiger partial charge >= 0.3 is 17.9 Å². The van der Waals surface area contributed by atoms with Crippen LogP contribution in [0.4, 0.5) is 0 Å². The first-order valence-corrected chi connectivity index (χ1v) is 35.1. The molecule has 0 radical (unpaired) electrons. The van der Waals surface area contributed by atoms with Crippen LogP contribution in [-0.2, 0) is 28.6 Å². The summed E-state index contributed by atoms with van der Waals surface area (Å²) in [6.45, 7) is 6.53. The van der Waals surface area contributed by atoms with Gasteiger partial charge in [-0.05, 0) is 77.0 Å². The number of hydrogen-bond acceptors (Lipinski definition) is 6. The Morgan fingerprint density at radius 1 is 0.259 bits per heavy atom. The molecular formula is C75H132O6. The van der Waals surface area contributed by atoms with Gasteiger partial charge in [-0.1, -0.05) is 343 Å². The normalized spacial score (nSPS) is 12.6. The van der Waals surface area contributed by atoms with Crippen LogP contribution >= 0.6 is 0 Å². The number of hydrogen-bond donors (Lipinski definition) is 0. The van der Waals surface area contributed by atoms with Crippen molar-refractivity contribution in [1.29, 1.82) is 0 Å². The second-order valence-electron chi connectivity index (χ2n) is 23.4. The molecule has 81 heavy (non-hydrogen) atoms. The highest BCUT2D eigenvalue weighted by Gasteiger charge is 2.19. The molecule has 0 fully saturated rings. The standard InChI is InChI=1S/C75H132O6/c1-4-7-10-13-16-18-20-22-24-26-28-30-31-32-33-34-35-36-37-38-39-40-41-42-43-45-46-48-50-52-54-56-59-62-65-68-74(77)80-71-72(70-79-73(76)67-64-61-58-15-12-9-6-3)81-75(78)69-66-63-60-57-55-53-51-49-47-44-29-27-25-23-21-19-17-14-11-8-5-2/h7,10,16,18,22,24,28,30,32-33,35-36,38-39,72H,4-6,8-9,11-15,17,19-21,23,25-27,29,31,34,37,40-71H2,1-3H3/b10-7-,18-16-,24-22-,30-28-,33-32-,36-35-,39-38-. The fourth-order valence-electron chi connectivity index (χ4n) is 10.2. The SMILES string of the molecule is CC/C=C\C/C=C\C/C=C\C/C=C\C/C=C\C/C=C\C/C=C\CCCCCCCCCCCCCCCC(=O)OCC(COC(=O)CCCCCCCCC)OC(=O)CCCCCCCCCCCCCCCCCCCCCCC. The molecule has 0 spiro atoms. The Labute approximate surface area is 503 Å². The van der Waals surface area contributed by atoms with Crippen molar-refractivity contribution >= 4 is 17.9 Å². The van der Waals surface area contributed by atoms with Gasteiger partial charge < -0.3 is 14.2 Å². The average Bonchev–Trinajstić information content (AvgIpc) is 3.47. The summed E-state index contributed by atoms with van der Waals surface area (Å²) in [7, 11) is 0. The quantitative estimate of drug-likeness (QED) is 0.0261. The Morgan fingerprint density at radius 2 is 0.481 bits per heavy atom. The van der Waals surface area contributed by atoms with E-state index in [4.69, 9.17) is 14.2 Å². The highest BCUT2D eigenvalue weighted by Crippen LogP contribution is 2.18. The number of carbonyl (C=O) groups excluding carboxylic acids is 3. The van der Waals surface area contributed by atoms with Crippen LogP contribution in [0.25, 0.3) is 0 Å². The number of carbonyl (C=O) groups is 3. The predicted octanol–water partition coefficient (Wildman–Crippen LogP) is 24.2. The van der Waals surface area contributed by atoms with Crippen molar-refractivity contribution in [2.45, 2.75) is 361 Å². The highest BCUT2D eigenvalue weighted by atomic mass is 16.6. The zero-order chi connectivity index (χ0) is 58.5. The van der Waals surface area contributed by atoms with Gasteiger partial charge in [0.2, 0.25) is 0 Å². The molecule has 0 aromatic rings. The lowest BCUT2D eigenvalue weighted by atomic mass is 10.0. The van der Waals surface area contributed by atoms with Crippen molar-refractivity contribution in [1.82, 2.24) is 0 Å². The van der Waals surface area contributed by atoms with Gasteiger partial charge in [0.05, 0.1) is 0 Å². The molecule has 0 aliphatic heterocycles. The molecule has 0 aromatic heterocycles. The van der Waals surface area contributed by atoms with Crippen molar-refractivity contribution in [3.05, 3.63) is 85.1 Å². The molecule has 0 aliphatic rings. The third-order valence-electron chi connectivity index (χ3n) is 15.4. The van der Waals surface area contributed by atoms with Crippen LogP contribution in [0.2, 0.25) is 0 Å². The van der Waals surface area contributed by atoms with E-state index in [2.05, 4.69) is 106 Å². The maximum atomic E-state index is 12.9. The molecule has 0 amide bonds. The Hall–Kier alpha value is -3.41. The lowest BCUT2D eigenvalue weighted by Crippen LogP contribution is -2.30. The number of unbranched alkanes of at least 4 members (excludes halogenated alkanes) is 39. The molecule has 1 unspecified atom stereocenters. The van der Waals surface area contributed by atoms with E-state index in [9.17, 15) is 14.4 Å². The van der Waals surface area contributed by atoms with Gasteiger partial charge in [-0.25, -0.2) is 0 Å². The fourth-order valence-corrected chi connectivity index (χ4v) is 10.2. The van der Waals surface area contributed by atoms with Gasteiger partial charge in [-0.3, -0.25) is 14.4 Å². The topological polar surface area (TPSA) is 78.9 Å². The molecule has 6 heteroatoms. The summed E-state index contributed by atoms with van der Waals surface area (Å²) >= 11 is 0. The Bertz CT molecular complexity index is 1530. The van der Waals surface area contributed by atoms with Crippen LogP contribution < -0.4 is 0 Å². The smallest absolute Gasteiger partial charge is 0.306 e. The van der Waals surface area contributed by atoms with E-state index in [0.29, 0.717) is 19.3 Å². The third kappa shape index (κ3) is 67.3. The van der Waals surface area contributed by atoms with Crippen molar-refractivity contribution in [2.75, 3.05) is 13.2 Å². The third-order valence-corrected chi connectivity index (χ3v) is 15.4. The van der Waals surface area contributed by atoms with Gasteiger partial charge in [-0.15, -0.1) is 0 Å². The summed E-state index contributed by atoms with van der Waals surface area (Å²) in [6, 6.07) is 0. The highest BCUT2D eigenvalue weighted by molar-refractivity contribution is 5.71. The van der Waals surface area contributed by atoms with Crippen LogP contribution in [0.3, 0.4) is 0 Å². The maximum Gasteiger partial charge on any atom is 0.306 e. The van der Waals surface area contributed by atoms with Crippen LogP contribution in [0, 0.1) is 0 Å². The molecule has 1 atom stereocenters. The van der Waals surface area contributed by atoms with E-state index >= 15 is 0 Å². The minimum atomic E-state index is -0.771. The summed E-state index contributed by atoms with van der Waals surface area (Å²) in [4.78, 5) is 38.2. The minimum absolute atomic E-state index is 0.0706. The van der Waals surface area contributed by atoms with Gasteiger partial charge in [-0.2, -0.15) is 0 Å². The molecule has 0 rings (SSSR count). The van der Waals surface area contributed by atoms with E-state index in [-0.39, 0.29) is 31.1 Å². The minimum Gasteiger partial charge on any atom is -0.462 e. The number of ether oxygens (including phenoxy) is 3. The van der Waals surface area contributed by atoms with Crippen molar-refractivity contribution < 1.29 is 28.6 Å². The first kappa shape index (κ1) is 77.6. The Balaban J connectivity index is 4.03. The van der Waals surface area contributed by atoms with E-state index in [0.717, 1.165) is 103 Å². The van der Waals surface area contributed by atoms with Gasteiger partial charge in [0.1, 0.15) is 13.2 Å². The lowest BCUT2D eigenvalue weighted by Gasteiger charge is -2.18. The molecule has 468 valence electrons. The lowest BCUT2D eigenvalue weighted by molar-refractivity contribution is -0.167. The zero-order valence-electron chi connectivity index (χ0n) is 53.8. The fraction of sp³-hybridized carbons (Fsp3) is 0.773. The second-order valence-corrected chi connectivity index (χ2v) is 23.4.